The molecule has 4 heteroatoms. The van der Waals surface area contributed by atoms with Crippen LogP contribution in [0.4, 0.5) is 0 Å². The van der Waals surface area contributed by atoms with Crippen LogP contribution in [-0.4, -0.2) is 23.6 Å². The third-order valence-electron chi connectivity index (χ3n) is 3.22. The first-order valence-corrected chi connectivity index (χ1v) is 6.55. The van der Waals surface area contributed by atoms with Gasteiger partial charge in [-0.25, -0.2) is 5.90 Å². The summed E-state index contributed by atoms with van der Waals surface area (Å²) < 4.78 is 0. The number of amides is 1. The summed E-state index contributed by atoms with van der Waals surface area (Å²) in [6, 6.07) is 0. The minimum absolute atomic E-state index is 0.182. The van der Waals surface area contributed by atoms with Crippen LogP contribution in [0.3, 0.4) is 0 Å². The van der Waals surface area contributed by atoms with Gasteiger partial charge in [0.05, 0.1) is 0 Å². The second-order valence-corrected chi connectivity index (χ2v) is 4.56. The van der Waals surface area contributed by atoms with Crippen LogP contribution in [0.2, 0.25) is 0 Å². The summed E-state index contributed by atoms with van der Waals surface area (Å²) >= 11 is 0. The molecule has 1 atom stereocenters. The Morgan fingerprint density at radius 1 is 1.41 bits per heavy atom. The van der Waals surface area contributed by atoms with Crippen molar-refractivity contribution in [2.45, 2.75) is 57.6 Å². The molecule has 1 unspecified atom stereocenters. The number of likely N-dealkylation sites (tertiary alicyclic amines) is 1. The SMILES string of the molecule is C=CCCCCCCC(=O)N1CCCC1ON. The molecule has 1 heterocycles. The first-order valence-electron chi connectivity index (χ1n) is 6.55. The van der Waals surface area contributed by atoms with Gasteiger partial charge in [-0.15, -0.1) is 6.58 Å². The van der Waals surface area contributed by atoms with E-state index in [2.05, 4.69) is 6.58 Å². The van der Waals surface area contributed by atoms with Crippen molar-refractivity contribution in [1.82, 2.24) is 4.90 Å². The highest BCUT2D eigenvalue weighted by Crippen LogP contribution is 2.19. The topological polar surface area (TPSA) is 55.6 Å². The molecule has 0 aromatic heterocycles. The maximum atomic E-state index is 11.9. The summed E-state index contributed by atoms with van der Waals surface area (Å²) in [6.07, 6.45) is 9.73. The lowest BCUT2D eigenvalue weighted by molar-refractivity contribution is -0.142. The molecule has 0 radical (unpaired) electrons. The smallest absolute Gasteiger partial charge is 0.224 e. The Morgan fingerprint density at radius 2 is 2.18 bits per heavy atom. The maximum Gasteiger partial charge on any atom is 0.224 e. The summed E-state index contributed by atoms with van der Waals surface area (Å²) in [4.78, 5) is 18.4. The molecule has 1 amide bonds. The van der Waals surface area contributed by atoms with Gasteiger partial charge in [0.1, 0.15) is 0 Å². The number of rotatable bonds is 8. The Bertz CT molecular complexity index is 244. The summed E-state index contributed by atoms with van der Waals surface area (Å²) in [5, 5.41) is 0. The number of carbonyl (C=O) groups is 1. The molecule has 17 heavy (non-hydrogen) atoms. The minimum atomic E-state index is -0.191. The van der Waals surface area contributed by atoms with Gasteiger partial charge in [0.25, 0.3) is 0 Å². The zero-order valence-corrected chi connectivity index (χ0v) is 10.6. The number of nitrogens with two attached hydrogens (primary N) is 1. The van der Waals surface area contributed by atoms with E-state index in [1.165, 1.54) is 12.8 Å². The van der Waals surface area contributed by atoms with Crippen molar-refractivity contribution in [2.24, 2.45) is 5.90 Å². The highest BCUT2D eigenvalue weighted by Gasteiger charge is 2.28. The van der Waals surface area contributed by atoms with Crippen molar-refractivity contribution < 1.29 is 9.63 Å². The van der Waals surface area contributed by atoms with E-state index >= 15 is 0 Å². The van der Waals surface area contributed by atoms with Crippen molar-refractivity contribution in [2.75, 3.05) is 6.54 Å². The number of hydrogen-bond acceptors (Lipinski definition) is 3. The maximum absolute atomic E-state index is 11.9. The van der Waals surface area contributed by atoms with Crippen molar-refractivity contribution in [3.05, 3.63) is 12.7 Å². The van der Waals surface area contributed by atoms with Crippen molar-refractivity contribution in [1.29, 1.82) is 0 Å². The summed E-state index contributed by atoms with van der Waals surface area (Å²) in [5.41, 5.74) is 0. The molecule has 0 spiro atoms. The molecule has 2 N–H and O–H groups in total. The van der Waals surface area contributed by atoms with Crippen LogP contribution >= 0.6 is 0 Å². The molecular formula is C13H24N2O2. The quantitative estimate of drug-likeness (QED) is 0.402. The molecule has 0 bridgehead atoms. The van der Waals surface area contributed by atoms with Crippen LogP contribution in [0.5, 0.6) is 0 Å². The van der Waals surface area contributed by atoms with Gasteiger partial charge >= 0.3 is 0 Å². The summed E-state index contributed by atoms with van der Waals surface area (Å²) in [6.45, 7) is 4.48. The lowest BCUT2D eigenvalue weighted by Crippen LogP contribution is -2.38. The van der Waals surface area contributed by atoms with Crippen molar-refractivity contribution >= 4 is 5.91 Å². The summed E-state index contributed by atoms with van der Waals surface area (Å²) in [7, 11) is 0. The average Bonchev–Trinajstić information content (AvgIpc) is 2.81. The lowest BCUT2D eigenvalue weighted by Gasteiger charge is -2.22. The zero-order valence-electron chi connectivity index (χ0n) is 10.6. The highest BCUT2D eigenvalue weighted by atomic mass is 16.6. The number of unbranched alkanes of at least 4 members (excludes halogenated alkanes) is 4. The van der Waals surface area contributed by atoms with Gasteiger partial charge in [0.15, 0.2) is 6.23 Å². The molecule has 1 aliphatic rings. The van der Waals surface area contributed by atoms with Crippen LogP contribution < -0.4 is 5.90 Å². The van der Waals surface area contributed by atoms with E-state index in [-0.39, 0.29) is 12.1 Å². The normalized spacial score (nSPS) is 19.6. The van der Waals surface area contributed by atoms with Gasteiger partial charge in [-0.1, -0.05) is 18.9 Å². The minimum Gasteiger partial charge on any atom is -0.315 e. The molecule has 0 aromatic rings. The van der Waals surface area contributed by atoms with E-state index in [9.17, 15) is 4.79 Å². The van der Waals surface area contributed by atoms with E-state index in [1.54, 1.807) is 4.90 Å². The Labute approximate surface area is 104 Å². The molecule has 0 aliphatic carbocycles. The number of nitrogens with zero attached hydrogens (tertiary/aromatic N) is 1. The fraction of sp³-hybridized carbons (Fsp3) is 0.769. The van der Waals surface area contributed by atoms with Gasteiger partial charge < -0.3 is 4.90 Å². The molecule has 0 saturated carbocycles. The second-order valence-electron chi connectivity index (χ2n) is 4.56. The molecule has 4 nitrogen and oxygen atoms in total. The van der Waals surface area contributed by atoms with E-state index < -0.39 is 0 Å². The summed E-state index contributed by atoms with van der Waals surface area (Å²) in [5.74, 6) is 5.35. The first kappa shape index (κ1) is 14.2. The third-order valence-corrected chi connectivity index (χ3v) is 3.22. The van der Waals surface area contributed by atoms with E-state index in [1.807, 2.05) is 6.08 Å². The Kier molecular flexibility index (Phi) is 6.89. The zero-order chi connectivity index (χ0) is 12.5. The van der Waals surface area contributed by atoms with E-state index in [0.29, 0.717) is 6.42 Å². The number of allylic oxidation sites excluding steroid dienone is 1. The van der Waals surface area contributed by atoms with Gasteiger partial charge in [0, 0.05) is 13.0 Å². The first-order chi connectivity index (χ1) is 8.29. The fourth-order valence-electron chi connectivity index (χ4n) is 2.22. The number of hydrogen-bond donors (Lipinski definition) is 1. The van der Waals surface area contributed by atoms with Gasteiger partial charge in [-0.05, 0) is 32.1 Å². The molecular weight excluding hydrogens is 216 g/mol. The molecule has 98 valence electrons. The average molecular weight is 240 g/mol. The third kappa shape index (κ3) is 4.88. The van der Waals surface area contributed by atoms with Crippen LogP contribution in [0, 0.1) is 0 Å². The Balaban J connectivity index is 2.10. The molecule has 1 saturated heterocycles. The Morgan fingerprint density at radius 3 is 2.88 bits per heavy atom. The standard InChI is InChI=1S/C13H24N2O2/c1-2-3-4-5-6-7-9-12(16)15-11-8-10-13(15)17-14/h2,13H,1,3-11,14H2. The predicted molar refractivity (Wildman–Crippen MR) is 67.9 cm³/mol. The number of carbonyl (C=O) groups excluding carboxylic acids is 1. The second kappa shape index (κ2) is 8.25. The van der Waals surface area contributed by atoms with Gasteiger partial charge in [0.2, 0.25) is 5.91 Å². The fourth-order valence-corrected chi connectivity index (χ4v) is 2.22. The molecule has 0 aromatic carbocycles. The largest absolute Gasteiger partial charge is 0.315 e. The highest BCUT2D eigenvalue weighted by molar-refractivity contribution is 5.76. The molecule has 1 fully saturated rings. The van der Waals surface area contributed by atoms with Crippen LogP contribution in [-0.2, 0) is 9.63 Å². The predicted octanol–water partition coefficient (Wildman–Crippen LogP) is 2.35. The van der Waals surface area contributed by atoms with Crippen LogP contribution in [0.15, 0.2) is 12.7 Å². The Hall–Kier alpha value is -0.870. The van der Waals surface area contributed by atoms with Crippen molar-refractivity contribution in [3.8, 4) is 0 Å². The van der Waals surface area contributed by atoms with Crippen molar-refractivity contribution in [3.63, 3.8) is 0 Å². The van der Waals surface area contributed by atoms with E-state index in [0.717, 1.165) is 38.6 Å². The molecule has 1 rings (SSSR count). The monoisotopic (exact) mass is 240 g/mol. The van der Waals surface area contributed by atoms with Gasteiger partial charge in [-0.2, -0.15) is 0 Å². The van der Waals surface area contributed by atoms with Crippen LogP contribution in [0.25, 0.3) is 0 Å². The molecule has 1 aliphatic heterocycles. The van der Waals surface area contributed by atoms with E-state index in [4.69, 9.17) is 10.7 Å². The van der Waals surface area contributed by atoms with Crippen LogP contribution in [0.1, 0.15) is 51.4 Å². The lowest BCUT2D eigenvalue weighted by atomic mass is 10.1. The van der Waals surface area contributed by atoms with Gasteiger partial charge in [-0.3, -0.25) is 9.63 Å².